The third-order valence-corrected chi connectivity index (χ3v) is 5.56. The van der Waals surface area contributed by atoms with E-state index in [2.05, 4.69) is 9.97 Å². The van der Waals surface area contributed by atoms with Crippen LogP contribution >= 0.6 is 0 Å². The maximum atomic E-state index is 12.9. The number of carbonyl (C=O) groups excluding carboxylic acids is 1. The Labute approximate surface area is 143 Å². The molecule has 0 atom stereocenters. The number of nitrogens with zero attached hydrogens (tertiary/aromatic N) is 5. The van der Waals surface area contributed by atoms with Crippen LogP contribution in [0.2, 0.25) is 0 Å². The standard InChI is InChI=1S/C15H12FN5O3S/c16-12-8-18-15(19-9-12)21-6-5-20(10-14(21)22)25(23,24)13-4-2-1-3-11(13)7-17/h1-4,8-9H,5-6,10H2. The summed E-state index contributed by atoms with van der Waals surface area (Å²) in [6.07, 6.45) is 1.86. The molecule has 1 fully saturated rings. The summed E-state index contributed by atoms with van der Waals surface area (Å²) in [5.74, 6) is -1.15. The molecule has 0 radical (unpaired) electrons. The lowest BCUT2D eigenvalue weighted by atomic mass is 10.2. The average Bonchev–Trinajstić information content (AvgIpc) is 2.62. The summed E-state index contributed by atoms with van der Waals surface area (Å²) in [5.41, 5.74) is 0.0132. The van der Waals surface area contributed by atoms with Gasteiger partial charge in [0.05, 0.1) is 29.4 Å². The summed E-state index contributed by atoms with van der Waals surface area (Å²) in [6, 6.07) is 7.64. The molecule has 0 unspecified atom stereocenters. The highest BCUT2D eigenvalue weighted by molar-refractivity contribution is 7.89. The number of benzene rings is 1. The third-order valence-electron chi connectivity index (χ3n) is 3.66. The maximum absolute atomic E-state index is 12.9. The van der Waals surface area contributed by atoms with Gasteiger partial charge in [0.15, 0.2) is 5.82 Å². The fraction of sp³-hybridized carbons (Fsp3) is 0.200. The highest BCUT2D eigenvalue weighted by atomic mass is 32.2. The lowest BCUT2D eigenvalue weighted by molar-refractivity contribution is -0.120. The van der Waals surface area contributed by atoms with Crippen LogP contribution in [0.4, 0.5) is 10.3 Å². The first-order valence-corrected chi connectivity index (χ1v) is 8.64. The number of halogens is 1. The Kier molecular flexibility index (Phi) is 4.43. The lowest BCUT2D eigenvalue weighted by Gasteiger charge is -2.32. The molecule has 1 amide bonds. The molecule has 1 aliphatic heterocycles. The molecule has 0 saturated carbocycles. The number of piperazine rings is 1. The summed E-state index contributed by atoms with van der Waals surface area (Å²) in [5, 5.41) is 9.09. The molecule has 128 valence electrons. The van der Waals surface area contributed by atoms with Crippen molar-refractivity contribution in [3.05, 3.63) is 48.0 Å². The van der Waals surface area contributed by atoms with Gasteiger partial charge in [-0.05, 0) is 12.1 Å². The van der Waals surface area contributed by atoms with Crippen LogP contribution in [-0.4, -0.2) is 48.2 Å². The van der Waals surface area contributed by atoms with Gasteiger partial charge in [-0.15, -0.1) is 0 Å². The van der Waals surface area contributed by atoms with Crippen LogP contribution in [0.5, 0.6) is 0 Å². The molecule has 0 aliphatic carbocycles. The first kappa shape index (κ1) is 16.9. The van der Waals surface area contributed by atoms with Gasteiger partial charge in [-0.25, -0.2) is 22.8 Å². The summed E-state index contributed by atoms with van der Waals surface area (Å²) < 4.78 is 39.3. The van der Waals surface area contributed by atoms with Crippen LogP contribution in [0.3, 0.4) is 0 Å². The number of amides is 1. The van der Waals surface area contributed by atoms with Gasteiger partial charge in [-0.2, -0.15) is 9.57 Å². The van der Waals surface area contributed by atoms with E-state index >= 15 is 0 Å². The van der Waals surface area contributed by atoms with Crippen molar-refractivity contribution in [3.63, 3.8) is 0 Å². The van der Waals surface area contributed by atoms with Gasteiger partial charge in [0, 0.05) is 13.1 Å². The van der Waals surface area contributed by atoms with Crippen LogP contribution in [0.25, 0.3) is 0 Å². The molecule has 1 aromatic heterocycles. The molecule has 0 spiro atoms. The van der Waals surface area contributed by atoms with E-state index < -0.39 is 28.3 Å². The minimum Gasteiger partial charge on any atom is -0.278 e. The van der Waals surface area contributed by atoms with Crippen LogP contribution in [0, 0.1) is 17.1 Å². The number of sulfonamides is 1. The molecule has 2 aromatic rings. The molecule has 3 rings (SSSR count). The number of carbonyl (C=O) groups is 1. The second kappa shape index (κ2) is 6.54. The van der Waals surface area contributed by atoms with E-state index in [1.807, 2.05) is 6.07 Å². The largest absolute Gasteiger partial charge is 0.278 e. The zero-order chi connectivity index (χ0) is 18.0. The Morgan fingerprint density at radius 1 is 1.16 bits per heavy atom. The van der Waals surface area contributed by atoms with E-state index in [0.29, 0.717) is 0 Å². The Hall–Kier alpha value is -2.90. The first-order valence-electron chi connectivity index (χ1n) is 7.20. The third kappa shape index (κ3) is 3.19. The molecule has 8 nitrogen and oxygen atoms in total. The smallest absolute Gasteiger partial charge is 0.244 e. The number of nitriles is 1. The topological polar surface area (TPSA) is 107 Å². The summed E-state index contributed by atoms with van der Waals surface area (Å²) in [6.45, 7) is -0.379. The number of aromatic nitrogens is 2. The van der Waals surface area contributed by atoms with Crippen molar-refractivity contribution in [1.82, 2.24) is 14.3 Å². The highest BCUT2D eigenvalue weighted by Gasteiger charge is 2.35. The molecular weight excluding hydrogens is 349 g/mol. The molecule has 0 bridgehead atoms. The van der Waals surface area contributed by atoms with Gasteiger partial charge >= 0.3 is 0 Å². The van der Waals surface area contributed by atoms with E-state index in [4.69, 9.17) is 5.26 Å². The molecule has 0 N–H and O–H groups in total. The van der Waals surface area contributed by atoms with E-state index in [-0.39, 0.29) is 29.5 Å². The fourth-order valence-corrected chi connectivity index (χ4v) is 3.96. The van der Waals surface area contributed by atoms with Crippen molar-refractivity contribution < 1.29 is 17.6 Å². The Morgan fingerprint density at radius 3 is 2.48 bits per heavy atom. The lowest BCUT2D eigenvalue weighted by Crippen LogP contribution is -2.52. The average molecular weight is 361 g/mol. The molecule has 1 saturated heterocycles. The van der Waals surface area contributed by atoms with Crippen LogP contribution in [0.15, 0.2) is 41.6 Å². The van der Waals surface area contributed by atoms with E-state index in [1.54, 1.807) is 6.07 Å². The van der Waals surface area contributed by atoms with Crippen LogP contribution < -0.4 is 4.90 Å². The van der Waals surface area contributed by atoms with Gasteiger partial charge in [-0.1, -0.05) is 12.1 Å². The number of hydrogen-bond acceptors (Lipinski definition) is 6. The monoisotopic (exact) mass is 361 g/mol. The Balaban J connectivity index is 1.84. The molecule has 1 aliphatic rings. The molecular formula is C15H12FN5O3S. The van der Waals surface area contributed by atoms with E-state index in [9.17, 15) is 17.6 Å². The first-order chi connectivity index (χ1) is 11.9. The van der Waals surface area contributed by atoms with Crippen molar-refractivity contribution in [1.29, 1.82) is 5.26 Å². The van der Waals surface area contributed by atoms with Crippen molar-refractivity contribution in [2.75, 3.05) is 24.5 Å². The van der Waals surface area contributed by atoms with Gasteiger partial charge in [0.2, 0.25) is 21.9 Å². The molecule has 1 aromatic carbocycles. The zero-order valence-corrected chi connectivity index (χ0v) is 13.6. The fourth-order valence-electron chi connectivity index (χ4n) is 2.44. The van der Waals surface area contributed by atoms with Gasteiger partial charge in [0.1, 0.15) is 6.07 Å². The summed E-state index contributed by atoms with van der Waals surface area (Å²) >= 11 is 0. The van der Waals surface area contributed by atoms with Crippen molar-refractivity contribution in [2.24, 2.45) is 0 Å². The maximum Gasteiger partial charge on any atom is 0.244 e. The van der Waals surface area contributed by atoms with Gasteiger partial charge < -0.3 is 0 Å². The normalized spacial score (nSPS) is 15.8. The second-order valence-electron chi connectivity index (χ2n) is 5.19. The molecule has 2 heterocycles. The number of rotatable bonds is 3. The predicted octanol–water partition coefficient (Wildman–Crippen LogP) is 0.525. The number of hydrogen-bond donors (Lipinski definition) is 0. The second-order valence-corrected chi connectivity index (χ2v) is 7.10. The van der Waals surface area contributed by atoms with Gasteiger partial charge in [-0.3, -0.25) is 9.69 Å². The minimum atomic E-state index is -3.99. The summed E-state index contributed by atoms with van der Waals surface area (Å²) in [4.78, 5) is 20.8. The van der Waals surface area contributed by atoms with Crippen molar-refractivity contribution >= 4 is 21.9 Å². The van der Waals surface area contributed by atoms with E-state index in [0.717, 1.165) is 16.7 Å². The summed E-state index contributed by atoms with van der Waals surface area (Å²) in [7, 11) is -3.99. The predicted molar refractivity (Wildman–Crippen MR) is 84.3 cm³/mol. The Morgan fingerprint density at radius 2 is 1.84 bits per heavy atom. The van der Waals surface area contributed by atoms with Crippen LogP contribution in [-0.2, 0) is 14.8 Å². The van der Waals surface area contributed by atoms with Crippen LogP contribution in [0.1, 0.15) is 5.56 Å². The van der Waals surface area contributed by atoms with Gasteiger partial charge in [0.25, 0.3) is 0 Å². The molecule has 10 heteroatoms. The van der Waals surface area contributed by atoms with Crippen molar-refractivity contribution in [2.45, 2.75) is 4.90 Å². The quantitative estimate of drug-likeness (QED) is 0.789. The molecule has 25 heavy (non-hydrogen) atoms. The SMILES string of the molecule is N#Cc1ccccc1S(=O)(=O)N1CCN(c2ncc(F)cn2)C(=O)C1. The number of anilines is 1. The Bertz CT molecular complexity index is 956. The zero-order valence-electron chi connectivity index (χ0n) is 12.8. The minimum absolute atomic E-state index is 0.00850. The van der Waals surface area contributed by atoms with E-state index in [1.165, 1.54) is 23.1 Å². The highest BCUT2D eigenvalue weighted by Crippen LogP contribution is 2.22. The van der Waals surface area contributed by atoms with Crippen molar-refractivity contribution in [3.8, 4) is 6.07 Å².